The SMILES string of the molecule is C=C=CC(N)(Cc1c[nH]c2ccccc12)C(=O)OC. The van der Waals surface area contributed by atoms with E-state index in [-0.39, 0.29) is 0 Å². The Kier molecular flexibility index (Phi) is 3.56. The second kappa shape index (κ2) is 5.14. The van der Waals surface area contributed by atoms with E-state index in [9.17, 15) is 4.79 Å². The fourth-order valence-electron chi connectivity index (χ4n) is 2.15. The molecule has 1 aromatic carbocycles. The molecule has 98 valence electrons. The maximum Gasteiger partial charge on any atom is 0.330 e. The van der Waals surface area contributed by atoms with E-state index in [1.54, 1.807) is 0 Å². The highest BCUT2D eigenvalue weighted by atomic mass is 16.5. The van der Waals surface area contributed by atoms with E-state index in [1.165, 1.54) is 13.2 Å². The van der Waals surface area contributed by atoms with Gasteiger partial charge in [0.05, 0.1) is 7.11 Å². The zero-order valence-electron chi connectivity index (χ0n) is 10.8. The van der Waals surface area contributed by atoms with Gasteiger partial charge >= 0.3 is 5.97 Å². The second-order valence-electron chi connectivity index (χ2n) is 4.42. The molecule has 1 unspecified atom stereocenters. The van der Waals surface area contributed by atoms with Crippen molar-refractivity contribution >= 4 is 16.9 Å². The molecule has 0 amide bonds. The van der Waals surface area contributed by atoms with Crippen LogP contribution in [0.2, 0.25) is 0 Å². The molecular weight excluding hydrogens is 240 g/mol. The van der Waals surface area contributed by atoms with Gasteiger partial charge < -0.3 is 15.5 Å². The summed E-state index contributed by atoms with van der Waals surface area (Å²) in [6.07, 6.45) is 3.62. The minimum absolute atomic E-state index is 0.326. The molecule has 1 aromatic heterocycles. The third-order valence-electron chi connectivity index (χ3n) is 3.08. The van der Waals surface area contributed by atoms with Crippen molar-refractivity contribution in [3.05, 3.63) is 54.4 Å². The summed E-state index contributed by atoms with van der Waals surface area (Å²) in [7, 11) is 1.32. The molecule has 0 aliphatic heterocycles. The van der Waals surface area contributed by atoms with Crippen LogP contribution in [0, 0.1) is 0 Å². The van der Waals surface area contributed by atoms with Gasteiger partial charge in [-0.15, -0.1) is 5.73 Å². The van der Waals surface area contributed by atoms with Crippen LogP contribution in [0.1, 0.15) is 5.56 Å². The minimum atomic E-state index is -1.25. The van der Waals surface area contributed by atoms with Gasteiger partial charge in [-0.3, -0.25) is 0 Å². The average molecular weight is 256 g/mol. The number of nitrogens with two attached hydrogens (primary N) is 1. The predicted octanol–water partition coefficient (Wildman–Crippen LogP) is 1.92. The van der Waals surface area contributed by atoms with Gasteiger partial charge in [0, 0.05) is 23.5 Å². The van der Waals surface area contributed by atoms with Crippen LogP contribution >= 0.6 is 0 Å². The first-order valence-corrected chi connectivity index (χ1v) is 5.90. The summed E-state index contributed by atoms with van der Waals surface area (Å²) >= 11 is 0. The highest BCUT2D eigenvalue weighted by molar-refractivity contribution is 5.87. The van der Waals surface area contributed by atoms with E-state index in [0.29, 0.717) is 6.42 Å². The quantitative estimate of drug-likeness (QED) is 0.648. The van der Waals surface area contributed by atoms with Crippen LogP contribution in [-0.4, -0.2) is 23.6 Å². The number of nitrogens with one attached hydrogen (secondary N) is 1. The average Bonchev–Trinajstić information content (AvgIpc) is 2.81. The summed E-state index contributed by atoms with van der Waals surface area (Å²) in [5.41, 5.74) is 9.38. The predicted molar refractivity (Wildman–Crippen MR) is 74.6 cm³/mol. The van der Waals surface area contributed by atoms with Crippen molar-refractivity contribution < 1.29 is 9.53 Å². The molecular formula is C15H16N2O2. The molecule has 3 N–H and O–H groups in total. The van der Waals surface area contributed by atoms with Gasteiger partial charge in [-0.05, 0) is 17.7 Å². The number of carbonyl (C=O) groups is 1. The molecule has 4 heteroatoms. The van der Waals surface area contributed by atoms with E-state index in [1.807, 2.05) is 30.5 Å². The van der Waals surface area contributed by atoms with E-state index in [2.05, 4.69) is 17.3 Å². The van der Waals surface area contributed by atoms with Gasteiger partial charge in [0.25, 0.3) is 0 Å². The van der Waals surface area contributed by atoms with E-state index < -0.39 is 11.5 Å². The number of rotatable bonds is 4. The lowest BCUT2D eigenvalue weighted by atomic mass is 9.91. The van der Waals surface area contributed by atoms with Gasteiger partial charge in [0.2, 0.25) is 0 Å². The number of hydrogen-bond acceptors (Lipinski definition) is 3. The number of esters is 1. The fourth-order valence-corrected chi connectivity index (χ4v) is 2.15. The Labute approximate surface area is 111 Å². The standard InChI is InChI=1S/C15H16N2O2/c1-3-8-15(16,14(18)19-2)9-11-10-17-13-7-5-4-6-12(11)13/h4-8,10,17H,1,9,16H2,2H3. The van der Waals surface area contributed by atoms with Crippen LogP contribution in [0.15, 0.2) is 48.8 Å². The Balaban J connectivity index is 2.42. The molecule has 0 bridgehead atoms. The minimum Gasteiger partial charge on any atom is -0.467 e. The number of H-pyrrole nitrogens is 1. The molecule has 2 aromatic rings. The first-order chi connectivity index (χ1) is 9.10. The number of methoxy groups -OCH3 is 1. The lowest BCUT2D eigenvalue weighted by molar-refractivity contribution is -0.145. The Bertz CT molecular complexity index is 653. The van der Waals surface area contributed by atoms with Crippen LogP contribution in [0.3, 0.4) is 0 Å². The summed E-state index contributed by atoms with van der Waals surface area (Å²) in [5, 5.41) is 1.04. The summed E-state index contributed by atoms with van der Waals surface area (Å²) in [6.45, 7) is 3.48. The summed E-state index contributed by atoms with van der Waals surface area (Å²) in [6, 6.07) is 7.84. The van der Waals surface area contributed by atoms with Crippen molar-refractivity contribution in [3.63, 3.8) is 0 Å². The Morgan fingerprint density at radius 3 is 3.00 bits per heavy atom. The number of para-hydroxylation sites is 1. The molecule has 0 aliphatic carbocycles. The van der Waals surface area contributed by atoms with Crippen molar-refractivity contribution in [3.8, 4) is 0 Å². The van der Waals surface area contributed by atoms with Gasteiger partial charge in [-0.2, -0.15) is 0 Å². The number of fused-ring (bicyclic) bond motifs is 1. The molecule has 0 fully saturated rings. The van der Waals surface area contributed by atoms with Crippen molar-refractivity contribution in [1.82, 2.24) is 4.98 Å². The molecule has 0 spiro atoms. The number of aromatic amines is 1. The zero-order chi connectivity index (χ0) is 13.9. The maximum absolute atomic E-state index is 11.8. The first-order valence-electron chi connectivity index (χ1n) is 5.90. The van der Waals surface area contributed by atoms with Gasteiger partial charge in [-0.1, -0.05) is 24.8 Å². The monoisotopic (exact) mass is 256 g/mol. The highest BCUT2D eigenvalue weighted by Gasteiger charge is 2.33. The van der Waals surface area contributed by atoms with Crippen molar-refractivity contribution in [1.29, 1.82) is 0 Å². The molecule has 0 aliphatic rings. The zero-order valence-corrected chi connectivity index (χ0v) is 10.8. The third kappa shape index (κ3) is 2.45. The molecule has 19 heavy (non-hydrogen) atoms. The number of ether oxygens (including phenoxy) is 1. The Hall–Kier alpha value is -2.29. The van der Waals surface area contributed by atoms with Crippen molar-refractivity contribution in [2.45, 2.75) is 12.0 Å². The van der Waals surface area contributed by atoms with E-state index in [4.69, 9.17) is 10.5 Å². The van der Waals surface area contributed by atoms with Crippen molar-refractivity contribution in [2.75, 3.05) is 7.11 Å². The van der Waals surface area contributed by atoms with Crippen LogP contribution in [0.4, 0.5) is 0 Å². The molecule has 2 rings (SSSR count). The Morgan fingerprint density at radius 2 is 2.32 bits per heavy atom. The summed E-state index contributed by atoms with van der Waals surface area (Å²) in [4.78, 5) is 15.0. The van der Waals surface area contributed by atoms with Crippen LogP contribution in [-0.2, 0) is 16.0 Å². The Morgan fingerprint density at radius 1 is 1.58 bits per heavy atom. The first kappa shape index (κ1) is 13.1. The summed E-state index contributed by atoms with van der Waals surface area (Å²) < 4.78 is 4.76. The van der Waals surface area contributed by atoms with Crippen LogP contribution in [0.5, 0.6) is 0 Å². The molecule has 4 nitrogen and oxygen atoms in total. The van der Waals surface area contributed by atoms with Gasteiger partial charge in [-0.25, -0.2) is 4.79 Å². The van der Waals surface area contributed by atoms with E-state index in [0.717, 1.165) is 16.5 Å². The molecule has 1 heterocycles. The molecule has 1 atom stereocenters. The summed E-state index contributed by atoms with van der Waals surface area (Å²) in [5.74, 6) is -0.506. The number of hydrogen-bond donors (Lipinski definition) is 2. The highest BCUT2D eigenvalue weighted by Crippen LogP contribution is 2.22. The topological polar surface area (TPSA) is 68.1 Å². The van der Waals surface area contributed by atoms with Gasteiger partial charge in [0.1, 0.15) is 5.54 Å². The molecule has 0 saturated heterocycles. The van der Waals surface area contributed by atoms with Crippen LogP contribution < -0.4 is 5.73 Å². The maximum atomic E-state index is 11.8. The van der Waals surface area contributed by atoms with Gasteiger partial charge in [0.15, 0.2) is 0 Å². The number of aromatic nitrogens is 1. The number of carbonyl (C=O) groups excluding carboxylic acids is 1. The molecule has 0 radical (unpaired) electrons. The van der Waals surface area contributed by atoms with E-state index >= 15 is 0 Å². The number of benzene rings is 1. The van der Waals surface area contributed by atoms with Crippen molar-refractivity contribution in [2.24, 2.45) is 5.73 Å². The largest absolute Gasteiger partial charge is 0.467 e. The lowest BCUT2D eigenvalue weighted by Gasteiger charge is -2.21. The lowest BCUT2D eigenvalue weighted by Crippen LogP contribution is -2.48. The normalized spacial score (nSPS) is 13.6. The van der Waals surface area contributed by atoms with Crippen LogP contribution in [0.25, 0.3) is 10.9 Å². The third-order valence-corrected chi connectivity index (χ3v) is 3.08. The molecule has 0 saturated carbocycles. The second-order valence-corrected chi connectivity index (χ2v) is 4.42. The smallest absolute Gasteiger partial charge is 0.330 e. The fraction of sp³-hybridized carbons (Fsp3) is 0.200.